The first-order chi connectivity index (χ1) is 29.8. The Labute approximate surface area is 366 Å². The van der Waals surface area contributed by atoms with Crippen molar-refractivity contribution in [1.29, 1.82) is 5.26 Å². The minimum atomic E-state index is -4.92. The number of ether oxygens (including phenoxy) is 1. The van der Waals surface area contributed by atoms with E-state index in [2.05, 4.69) is 30.4 Å². The SMILES string of the molecule is CC1(C)[C@H](NC(=O)c2cnc(N3CCC(CN4CCN(c5ccc6c(c5)C(=O)N(C5CCC(=O)NC5=O)C6=O)CC4)CC3)nc2C(F)(F)F)C(C)(C)[C@H]1Oc1ccc(C#N)c(Cl)c1. The van der Waals surface area contributed by atoms with Crippen LogP contribution in [-0.2, 0) is 15.8 Å². The molecule has 19 heteroatoms. The van der Waals surface area contributed by atoms with Crippen LogP contribution in [0.15, 0.2) is 42.6 Å². The first-order valence-corrected chi connectivity index (χ1v) is 21.3. The average molecular weight is 890 g/mol. The molecule has 5 amide bonds. The number of hydrogen-bond donors (Lipinski definition) is 2. The number of halogens is 4. The van der Waals surface area contributed by atoms with Crippen LogP contribution in [0.25, 0.3) is 0 Å². The summed E-state index contributed by atoms with van der Waals surface area (Å²) in [6, 6.07) is 10.2. The van der Waals surface area contributed by atoms with Crippen molar-refractivity contribution in [1.82, 2.24) is 30.4 Å². The molecule has 1 aliphatic carbocycles. The Balaban J connectivity index is 0.843. The fourth-order valence-electron chi connectivity index (χ4n) is 10.2. The molecule has 8 rings (SSSR count). The van der Waals surface area contributed by atoms with E-state index in [-0.39, 0.29) is 40.9 Å². The van der Waals surface area contributed by atoms with E-state index in [4.69, 9.17) is 16.3 Å². The van der Waals surface area contributed by atoms with Crippen molar-refractivity contribution in [2.24, 2.45) is 16.7 Å². The van der Waals surface area contributed by atoms with E-state index in [1.54, 1.807) is 35.2 Å². The van der Waals surface area contributed by atoms with Crippen LogP contribution >= 0.6 is 11.6 Å². The summed E-state index contributed by atoms with van der Waals surface area (Å²) < 4.78 is 49.9. The lowest BCUT2D eigenvalue weighted by molar-refractivity contribution is -0.164. The minimum absolute atomic E-state index is 0.0457. The molecular weight excluding hydrogens is 843 g/mol. The summed E-state index contributed by atoms with van der Waals surface area (Å²) in [6.07, 6.45) is -2.86. The Hall–Kier alpha value is -5.80. The fraction of sp³-hybridized carbons (Fsp3) is 0.500. The number of imide groups is 2. The van der Waals surface area contributed by atoms with Crippen molar-refractivity contribution >= 4 is 52.8 Å². The van der Waals surface area contributed by atoms with Gasteiger partial charge in [0.25, 0.3) is 17.7 Å². The Morgan fingerprint density at radius 3 is 2.25 bits per heavy atom. The number of anilines is 2. The molecule has 63 heavy (non-hydrogen) atoms. The number of alkyl halides is 3. The summed E-state index contributed by atoms with van der Waals surface area (Å²) >= 11 is 6.20. The highest BCUT2D eigenvalue weighted by Gasteiger charge is 2.64. The second kappa shape index (κ2) is 16.4. The lowest BCUT2D eigenvalue weighted by Crippen LogP contribution is -2.74. The van der Waals surface area contributed by atoms with Gasteiger partial charge in [0, 0.05) is 87.1 Å². The van der Waals surface area contributed by atoms with Crippen molar-refractivity contribution < 1.29 is 41.9 Å². The Kier molecular flexibility index (Phi) is 11.4. The molecule has 3 saturated heterocycles. The summed E-state index contributed by atoms with van der Waals surface area (Å²) in [5.74, 6) is -2.49. The zero-order chi connectivity index (χ0) is 45.2. The number of nitriles is 1. The molecular formula is C44H47ClF3N9O6. The van der Waals surface area contributed by atoms with E-state index >= 15 is 0 Å². The summed E-state index contributed by atoms with van der Waals surface area (Å²) in [5, 5.41) is 14.5. The van der Waals surface area contributed by atoms with Gasteiger partial charge in [-0.3, -0.25) is 39.1 Å². The molecule has 0 radical (unpaired) electrons. The maximum atomic E-state index is 14.5. The number of fused-ring (bicyclic) bond motifs is 1. The van der Waals surface area contributed by atoms with Crippen LogP contribution in [0, 0.1) is 28.1 Å². The molecule has 2 aromatic carbocycles. The first kappa shape index (κ1) is 43.8. The second-order valence-corrected chi connectivity index (χ2v) is 18.5. The number of carbonyl (C=O) groups is 5. The largest absolute Gasteiger partial charge is 0.489 e. The van der Waals surface area contributed by atoms with Crippen molar-refractivity contribution in [2.75, 3.05) is 55.6 Å². The molecule has 5 aliphatic rings. The van der Waals surface area contributed by atoms with Gasteiger partial charge in [0.1, 0.15) is 24.0 Å². The first-order valence-electron chi connectivity index (χ1n) is 21.0. The summed E-state index contributed by atoms with van der Waals surface area (Å²) in [6.45, 7) is 12.0. The standard InChI is InChI=1S/C44H47ClF3N9O6/c1-42(2)39(43(3,4)40(42)63-27-7-5-25(21-49)31(45)20-27)53-35(59)30-22-50-41(52-34(30)44(46,47)48)56-13-11-24(12-14-56)23-54-15-17-55(18-16-54)26-6-8-28-29(19-26)38(62)57(37(28)61)32-9-10-33(58)51-36(32)60/h5-8,19-20,22,24,32,39-40H,9-18,23H2,1-4H3,(H,53,59)(H,51,58,60)/t32?,39-,40-. The second-order valence-electron chi connectivity index (χ2n) is 18.1. The topological polar surface area (TPSA) is 181 Å². The summed E-state index contributed by atoms with van der Waals surface area (Å²) in [7, 11) is 0. The van der Waals surface area contributed by atoms with Gasteiger partial charge >= 0.3 is 6.18 Å². The number of nitrogens with zero attached hydrogens (tertiary/aromatic N) is 7. The van der Waals surface area contributed by atoms with Gasteiger partial charge in [-0.25, -0.2) is 9.97 Å². The lowest BCUT2D eigenvalue weighted by atomic mass is 9.49. The summed E-state index contributed by atoms with van der Waals surface area (Å²) in [4.78, 5) is 79.5. The van der Waals surface area contributed by atoms with Crippen molar-refractivity contribution in [3.8, 4) is 11.8 Å². The maximum Gasteiger partial charge on any atom is 0.434 e. The quantitative estimate of drug-likeness (QED) is 0.273. The molecule has 332 valence electrons. The highest BCUT2D eigenvalue weighted by atomic mass is 35.5. The summed E-state index contributed by atoms with van der Waals surface area (Å²) in [5.41, 5.74) is -1.82. The number of rotatable bonds is 9. The van der Waals surface area contributed by atoms with E-state index in [0.29, 0.717) is 50.3 Å². The smallest absolute Gasteiger partial charge is 0.434 e. The number of piperazine rings is 1. The monoisotopic (exact) mass is 889 g/mol. The molecule has 1 unspecified atom stereocenters. The zero-order valence-electron chi connectivity index (χ0n) is 35.2. The highest BCUT2D eigenvalue weighted by Crippen LogP contribution is 2.56. The lowest BCUT2D eigenvalue weighted by Gasteiger charge is -2.63. The van der Waals surface area contributed by atoms with Gasteiger partial charge in [0.15, 0.2) is 5.69 Å². The van der Waals surface area contributed by atoms with E-state index in [0.717, 1.165) is 36.4 Å². The van der Waals surface area contributed by atoms with Crippen LogP contribution in [0.1, 0.15) is 95.7 Å². The molecule has 1 saturated carbocycles. The van der Waals surface area contributed by atoms with Gasteiger partial charge in [0.05, 0.1) is 27.3 Å². The van der Waals surface area contributed by atoms with Gasteiger partial charge in [0.2, 0.25) is 17.8 Å². The average Bonchev–Trinajstić information content (AvgIpc) is 3.49. The predicted molar refractivity (Wildman–Crippen MR) is 223 cm³/mol. The van der Waals surface area contributed by atoms with Crippen LogP contribution in [0.4, 0.5) is 24.8 Å². The molecule has 4 aliphatic heterocycles. The van der Waals surface area contributed by atoms with Crippen molar-refractivity contribution in [3.63, 3.8) is 0 Å². The third-order valence-electron chi connectivity index (χ3n) is 13.3. The number of amides is 5. The molecule has 0 spiro atoms. The third-order valence-corrected chi connectivity index (χ3v) is 13.6. The molecule has 1 aromatic heterocycles. The highest BCUT2D eigenvalue weighted by molar-refractivity contribution is 6.31. The number of aromatic nitrogens is 2. The van der Waals surface area contributed by atoms with Crippen LogP contribution in [0.5, 0.6) is 5.75 Å². The normalized spacial score (nSPS) is 23.8. The molecule has 5 heterocycles. The van der Waals surface area contributed by atoms with Crippen LogP contribution < -0.4 is 25.2 Å². The van der Waals surface area contributed by atoms with Gasteiger partial charge in [-0.15, -0.1) is 0 Å². The van der Waals surface area contributed by atoms with Gasteiger partial charge < -0.3 is 19.9 Å². The van der Waals surface area contributed by atoms with E-state index in [9.17, 15) is 42.4 Å². The van der Waals surface area contributed by atoms with E-state index in [1.165, 1.54) is 6.07 Å². The molecule has 15 nitrogen and oxygen atoms in total. The molecule has 4 fully saturated rings. The molecule has 0 bridgehead atoms. The van der Waals surface area contributed by atoms with Crippen LogP contribution in [0.2, 0.25) is 5.02 Å². The third kappa shape index (κ3) is 8.16. The van der Waals surface area contributed by atoms with E-state index < -0.39 is 76.0 Å². The van der Waals surface area contributed by atoms with Crippen LogP contribution in [-0.4, -0.2) is 113 Å². The van der Waals surface area contributed by atoms with Gasteiger partial charge in [-0.1, -0.05) is 39.3 Å². The molecule has 3 aromatic rings. The number of benzene rings is 2. The number of carbonyl (C=O) groups excluding carboxylic acids is 5. The number of nitrogens with one attached hydrogen (secondary N) is 2. The number of hydrogen-bond acceptors (Lipinski definition) is 12. The van der Waals surface area contributed by atoms with Gasteiger partial charge in [-0.05, 0) is 55.5 Å². The molecule has 1 atom stereocenters. The van der Waals surface area contributed by atoms with Crippen molar-refractivity contribution in [2.45, 2.75) is 77.7 Å². The van der Waals surface area contributed by atoms with Gasteiger partial charge in [-0.2, -0.15) is 18.4 Å². The Morgan fingerprint density at radius 2 is 1.62 bits per heavy atom. The van der Waals surface area contributed by atoms with E-state index in [1.807, 2.05) is 33.8 Å². The Bertz CT molecular complexity index is 2410. The zero-order valence-corrected chi connectivity index (χ0v) is 36.0. The number of piperidine rings is 2. The molecule has 2 N–H and O–H groups in total. The van der Waals surface area contributed by atoms with Crippen LogP contribution in [0.3, 0.4) is 0 Å². The Morgan fingerprint density at radius 1 is 0.937 bits per heavy atom. The minimum Gasteiger partial charge on any atom is -0.489 e. The maximum absolute atomic E-state index is 14.5. The predicted octanol–water partition coefficient (Wildman–Crippen LogP) is 5.07. The van der Waals surface area contributed by atoms with Crippen molar-refractivity contribution in [3.05, 3.63) is 75.6 Å². The fourth-order valence-corrected chi connectivity index (χ4v) is 10.4.